The van der Waals surface area contributed by atoms with Crippen molar-refractivity contribution in [1.29, 1.82) is 0 Å². The maximum Gasteiger partial charge on any atom is 0.187 e. The Balaban J connectivity index is 0.858. The molecule has 426 valence electrons. The van der Waals surface area contributed by atoms with Crippen molar-refractivity contribution in [3.8, 4) is 0 Å². The molecule has 0 amide bonds. The van der Waals surface area contributed by atoms with Gasteiger partial charge in [0.2, 0.25) is 0 Å². The van der Waals surface area contributed by atoms with E-state index in [1.54, 1.807) is 0 Å². The van der Waals surface area contributed by atoms with Gasteiger partial charge in [0.1, 0.15) is 91.1 Å². The van der Waals surface area contributed by atoms with Gasteiger partial charge in [0, 0.05) is 17.8 Å². The van der Waals surface area contributed by atoms with E-state index in [1.165, 1.54) is 19.4 Å². The van der Waals surface area contributed by atoms with Gasteiger partial charge in [0.25, 0.3) is 0 Å². The van der Waals surface area contributed by atoms with E-state index in [9.17, 15) is 71.5 Å². The van der Waals surface area contributed by atoms with Crippen LogP contribution in [0.1, 0.15) is 99.3 Å². The summed E-state index contributed by atoms with van der Waals surface area (Å²) in [6, 6.07) is 0. The fraction of sp³-hybridized carbons (Fsp3) is 0.961. The lowest BCUT2D eigenvalue weighted by Crippen LogP contribution is -2.66. The van der Waals surface area contributed by atoms with Gasteiger partial charge in [0.15, 0.2) is 30.9 Å². The van der Waals surface area contributed by atoms with Gasteiger partial charge in [-0.25, -0.2) is 0 Å². The number of ether oxygens (including phenoxy) is 9. The van der Waals surface area contributed by atoms with Crippen molar-refractivity contribution in [3.63, 3.8) is 0 Å². The van der Waals surface area contributed by atoms with E-state index in [0.717, 1.165) is 19.3 Å². The lowest BCUT2D eigenvalue weighted by molar-refractivity contribution is -0.388. The predicted octanol–water partition coefficient (Wildman–Crippen LogP) is -2.86. The van der Waals surface area contributed by atoms with Crippen molar-refractivity contribution in [1.82, 2.24) is 0 Å². The standard InChI is InChI=1S/C51H84O23/c1-20(19-66-44-38(60)37(59)34(56)29(17-52)70-44)9-14-50(64)23(4)51(65)31(74-50)16-28-26-8-7-24-15-25(10-12-48(24,5)27(26)11-13-49(28,51)6)69-47-43(73-46-40(62)36(58)33(55)22(3)68-46)41(63)42(30(18-53)71-47)72-45-39(61)35(57)32(54)21(2)67-45/h7,20-23,25-47,52-65H,8-19H2,1-6H3/t20?,21-,22-,23+,25-,26+,27-,28-,29+,30+,31-,32-,33-,34+,35+,36+,37-,38+,39+,40+,41-,42+,43+,44+,45-,46-,47+,48-,49-,50?,51+/m0/s1. The van der Waals surface area contributed by atoms with Crippen LogP contribution in [0.3, 0.4) is 0 Å². The molecule has 14 N–H and O–H groups in total. The Bertz CT molecular complexity index is 1950. The molecule has 5 aliphatic heterocycles. The molecule has 2 unspecified atom stereocenters. The second-order valence-electron chi connectivity index (χ2n) is 23.9. The number of fused-ring (bicyclic) bond motifs is 7. The zero-order chi connectivity index (χ0) is 53.7. The fourth-order valence-corrected chi connectivity index (χ4v) is 14.9. The summed E-state index contributed by atoms with van der Waals surface area (Å²) in [5.74, 6) is -1.85. The maximum absolute atomic E-state index is 12.9. The van der Waals surface area contributed by atoms with E-state index >= 15 is 0 Å². The van der Waals surface area contributed by atoms with E-state index in [4.69, 9.17) is 42.6 Å². The molecule has 8 fully saturated rings. The van der Waals surface area contributed by atoms with E-state index in [0.29, 0.717) is 32.1 Å². The monoisotopic (exact) mass is 1060 g/mol. The Morgan fingerprint density at radius 2 is 1.22 bits per heavy atom. The third-order valence-electron chi connectivity index (χ3n) is 19.7. The Morgan fingerprint density at radius 3 is 1.84 bits per heavy atom. The zero-order valence-corrected chi connectivity index (χ0v) is 43.1. The summed E-state index contributed by atoms with van der Waals surface area (Å²) in [5.41, 5.74) is -0.916. The highest BCUT2D eigenvalue weighted by Crippen LogP contribution is 2.71. The topological polar surface area (TPSA) is 366 Å². The lowest BCUT2D eigenvalue weighted by atomic mass is 9.46. The Morgan fingerprint density at radius 1 is 0.635 bits per heavy atom. The number of rotatable bonds is 14. The molecule has 0 aromatic carbocycles. The highest BCUT2D eigenvalue weighted by atomic mass is 16.8. The summed E-state index contributed by atoms with van der Waals surface area (Å²) in [7, 11) is 0. The molecule has 5 heterocycles. The molecule has 3 saturated carbocycles. The van der Waals surface area contributed by atoms with Crippen LogP contribution in [0.25, 0.3) is 0 Å². The highest BCUT2D eigenvalue weighted by molar-refractivity contribution is 5.29. The SMILES string of the molecule is CC(CCC1(O)O[C@H]2C[C@H]3[C@@H]4CC=C5C[C@@H](O[C@@H]6O[C@H](CO)[C@@H](O[C@@H]7O[C@@H](C)[C@H](O)[C@@H](O)[C@H]7O)[C@H](O)[C@H]6O[C@@H]6O[C@@H](C)[C@H](O)[C@@H](O)[C@H]6O)CC[C@]5(C)[C@H]4CC[C@]3(C)[C@@]2(O)[C@@H]1C)CO[C@@H]1O[C@H](CO)[C@@H](O)[C@H](O)[C@H]1O. The number of hydrogen-bond acceptors (Lipinski definition) is 23. The van der Waals surface area contributed by atoms with Gasteiger partial charge in [0.05, 0.1) is 44.2 Å². The van der Waals surface area contributed by atoms with Gasteiger partial charge >= 0.3 is 0 Å². The maximum atomic E-state index is 12.9. The second kappa shape index (κ2) is 21.7. The van der Waals surface area contributed by atoms with Crippen LogP contribution < -0.4 is 0 Å². The second-order valence-corrected chi connectivity index (χ2v) is 23.9. The molecule has 0 aromatic heterocycles. The molecule has 0 aromatic rings. The van der Waals surface area contributed by atoms with Crippen molar-refractivity contribution in [2.24, 2.45) is 40.4 Å². The highest BCUT2D eigenvalue weighted by Gasteiger charge is 2.75. The third-order valence-corrected chi connectivity index (χ3v) is 19.7. The first kappa shape index (κ1) is 57.5. The van der Waals surface area contributed by atoms with Crippen LogP contribution in [-0.2, 0) is 42.6 Å². The minimum absolute atomic E-state index is 0.0822. The fourth-order valence-electron chi connectivity index (χ4n) is 14.9. The van der Waals surface area contributed by atoms with Crippen LogP contribution >= 0.6 is 0 Å². The molecule has 5 saturated heterocycles. The molecule has 9 aliphatic rings. The molecular formula is C51H84O23. The van der Waals surface area contributed by atoms with Gasteiger partial charge in [-0.3, -0.25) is 0 Å². The van der Waals surface area contributed by atoms with Gasteiger partial charge in [-0.1, -0.05) is 39.3 Å². The molecule has 23 heteroatoms. The first-order valence-electron chi connectivity index (χ1n) is 26.9. The van der Waals surface area contributed by atoms with Crippen molar-refractivity contribution in [2.45, 2.75) is 246 Å². The van der Waals surface area contributed by atoms with Gasteiger partial charge < -0.3 is 114 Å². The molecule has 74 heavy (non-hydrogen) atoms. The molecular weight excluding hydrogens is 981 g/mol. The van der Waals surface area contributed by atoms with Crippen LogP contribution in [0.2, 0.25) is 0 Å². The molecule has 9 rings (SSSR count). The van der Waals surface area contributed by atoms with Gasteiger partial charge in [-0.15, -0.1) is 0 Å². The number of aliphatic hydroxyl groups is 14. The average molecular weight is 1070 g/mol. The van der Waals surface area contributed by atoms with Crippen molar-refractivity contribution in [3.05, 3.63) is 11.6 Å². The third kappa shape index (κ3) is 9.68. The normalized spacial score (nSPS) is 55.9. The zero-order valence-electron chi connectivity index (χ0n) is 43.1. The number of allylic oxidation sites excluding steroid dienone is 1. The van der Waals surface area contributed by atoms with Gasteiger partial charge in [-0.05, 0) is 94.3 Å². The Hall–Kier alpha value is -1.18. The summed E-state index contributed by atoms with van der Waals surface area (Å²) in [5, 5.41) is 152. The summed E-state index contributed by atoms with van der Waals surface area (Å²) in [6.45, 7) is 9.93. The van der Waals surface area contributed by atoms with Crippen LogP contribution in [0.15, 0.2) is 11.6 Å². The molecule has 0 bridgehead atoms. The minimum atomic E-state index is -1.77. The minimum Gasteiger partial charge on any atom is -0.394 e. The molecule has 31 atom stereocenters. The first-order valence-corrected chi connectivity index (χ1v) is 26.9. The van der Waals surface area contributed by atoms with Crippen LogP contribution in [0, 0.1) is 40.4 Å². The molecule has 0 radical (unpaired) electrons. The summed E-state index contributed by atoms with van der Waals surface area (Å²) in [6.07, 6.45) is -22.8. The van der Waals surface area contributed by atoms with E-state index in [-0.39, 0.29) is 42.1 Å². The van der Waals surface area contributed by atoms with E-state index in [2.05, 4.69) is 19.9 Å². The van der Waals surface area contributed by atoms with Crippen LogP contribution in [0.5, 0.6) is 0 Å². The molecule has 4 aliphatic carbocycles. The van der Waals surface area contributed by atoms with Crippen LogP contribution in [0.4, 0.5) is 0 Å². The van der Waals surface area contributed by atoms with E-state index in [1.807, 2.05) is 13.8 Å². The quantitative estimate of drug-likeness (QED) is 0.0778. The lowest BCUT2D eigenvalue weighted by Gasteiger charge is -2.59. The summed E-state index contributed by atoms with van der Waals surface area (Å²) < 4.78 is 54.3. The van der Waals surface area contributed by atoms with Gasteiger partial charge in [-0.2, -0.15) is 0 Å². The Labute approximate surface area is 430 Å². The van der Waals surface area contributed by atoms with Crippen molar-refractivity contribution < 1.29 is 114 Å². The first-order chi connectivity index (χ1) is 34.8. The number of hydrogen-bond donors (Lipinski definition) is 14. The largest absolute Gasteiger partial charge is 0.394 e. The smallest absolute Gasteiger partial charge is 0.187 e. The molecule has 0 spiro atoms. The van der Waals surface area contributed by atoms with Crippen molar-refractivity contribution >= 4 is 0 Å². The summed E-state index contributed by atoms with van der Waals surface area (Å²) in [4.78, 5) is 0. The number of aliphatic hydroxyl groups excluding tert-OH is 12. The van der Waals surface area contributed by atoms with E-state index < -0.39 is 171 Å². The average Bonchev–Trinajstić information content (AvgIpc) is 3.75. The Kier molecular flexibility index (Phi) is 16.9. The van der Waals surface area contributed by atoms with Crippen molar-refractivity contribution in [2.75, 3.05) is 19.8 Å². The summed E-state index contributed by atoms with van der Waals surface area (Å²) >= 11 is 0. The predicted molar refractivity (Wildman–Crippen MR) is 250 cm³/mol. The molecule has 23 nitrogen and oxygen atoms in total. The van der Waals surface area contributed by atoms with Crippen LogP contribution in [-0.4, -0.2) is 238 Å².